The third-order valence-corrected chi connectivity index (χ3v) is 8.44. The fourth-order valence-corrected chi connectivity index (χ4v) is 6.33. The summed E-state index contributed by atoms with van der Waals surface area (Å²) in [5, 5.41) is 8.33. The minimum absolute atomic E-state index is 0.0332. The number of rotatable bonds is 11. The van der Waals surface area contributed by atoms with Crippen molar-refractivity contribution in [3.63, 3.8) is 0 Å². The highest BCUT2D eigenvalue weighted by molar-refractivity contribution is 5.83. The number of carbonyl (C=O) groups is 1. The first-order valence-corrected chi connectivity index (χ1v) is 14.7. The van der Waals surface area contributed by atoms with Gasteiger partial charge in [-0.3, -0.25) is 9.69 Å². The maximum atomic E-state index is 13.2. The van der Waals surface area contributed by atoms with Crippen LogP contribution in [-0.2, 0) is 17.6 Å². The number of likely N-dealkylation sites (tertiary alicyclic amines) is 2. The molecular formula is C32H45N5O. The van der Waals surface area contributed by atoms with E-state index in [0.29, 0.717) is 18.6 Å². The first-order valence-electron chi connectivity index (χ1n) is 14.7. The average Bonchev–Trinajstić information content (AvgIpc) is 3.36. The van der Waals surface area contributed by atoms with Gasteiger partial charge in [-0.2, -0.15) is 0 Å². The summed E-state index contributed by atoms with van der Waals surface area (Å²) in [5.74, 6) is 0.142. The number of aromatic nitrogens is 1. The molecule has 0 aliphatic carbocycles. The molecule has 3 aromatic rings. The zero-order chi connectivity index (χ0) is 26.2. The lowest BCUT2D eigenvalue weighted by atomic mass is 10.00. The molecule has 3 heterocycles. The van der Waals surface area contributed by atoms with Gasteiger partial charge in [0, 0.05) is 54.9 Å². The molecule has 6 nitrogen and oxygen atoms in total. The average molecular weight is 516 g/mol. The zero-order valence-electron chi connectivity index (χ0n) is 23.0. The molecule has 5 rings (SSSR count). The number of para-hydroxylation sites is 1. The van der Waals surface area contributed by atoms with E-state index in [1.165, 1.54) is 61.7 Å². The first-order chi connectivity index (χ1) is 18.6. The molecule has 2 fully saturated rings. The Bertz CT molecular complexity index is 1130. The Morgan fingerprint density at radius 3 is 2.47 bits per heavy atom. The summed E-state index contributed by atoms with van der Waals surface area (Å²) in [4.78, 5) is 21.7. The zero-order valence-corrected chi connectivity index (χ0v) is 23.0. The van der Waals surface area contributed by atoms with Gasteiger partial charge in [0.1, 0.15) is 0 Å². The van der Waals surface area contributed by atoms with Crippen molar-refractivity contribution >= 4 is 16.8 Å². The lowest BCUT2D eigenvalue weighted by Crippen LogP contribution is -2.51. The standard InChI is InChI=1S/C32H45N5O/c1-25(20-26-10-4-2-5-11-26)33-23-28(21-27-22-34-31-13-7-6-12-30(27)31)35-32(38)24-36-18-14-29(15-19-36)37-16-8-3-9-17-37/h2,4-7,10-13,22,25,28-29,33-34H,3,8-9,14-21,23-24H2,1H3,(H,35,38). The molecule has 0 saturated carbocycles. The van der Waals surface area contributed by atoms with Crippen LogP contribution in [-0.4, -0.2) is 78.1 Å². The number of amides is 1. The maximum absolute atomic E-state index is 13.2. The van der Waals surface area contributed by atoms with E-state index in [2.05, 4.69) is 93.1 Å². The quantitative estimate of drug-likeness (QED) is 0.355. The molecule has 1 aromatic heterocycles. The predicted molar refractivity (Wildman–Crippen MR) is 156 cm³/mol. The van der Waals surface area contributed by atoms with Crippen LogP contribution in [0, 0.1) is 0 Å². The van der Waals surface area contributed by atoms with Gasteiger partial charge in [0.2, 0.25) is 5.91 Å². The monoisotopic (exact) mass is 515 g/mol. The summed E-state index contributed by atoms with van der Waals surface area (Å²) in [6.07, 6.45) is 10.3. The Morgan fingerprint density at radius 2 is 1.68 bits per heavy atom. The number of hydrogen-bond acceptors (Lipinski definition) is 4. The van der Waals surface area contributed by atoms with E-state index < -0.39 is 0 Å². The number of carbonyl (C=O) groups excluding carboxylic acids is 1. The van der Waals surface area contributed by atoms with Crippen molar-refractivity contribution in [3.8, 4) is 0 Å². The Morgan fingerprint density at radius 1 is 0.947 bits per heavy atom. The fourth-order valence-electron chi connectivity index (χ4n) is 6.33. The minimum atomic E-state index is 0.0332. The van der Waals surface area contributed by atoms with Crippen LogP contribution in [0.4, 0.5) is 0 Å². The van der Waals surface area contributed by atoms with E-state index in [4.69, 9.17) is 0 Å². The number of H-pyrrole nitrogens is 1. The van der Waals surface area contributed by atoms with Crippen molar-refractivity contribution in [2.24, 2.45) is 0 Å². The molecule has 2 unspecified atom stereocenters. The molecule has 1 amide bonds. The predicted octanol–water partition coefficient (Wildman–Crippen LogP) is 4.37. The van der Waals surface area contributed by atoms with Crippen LogP contribution in [0.25, 0.3) is 10.9 Å². The van der Waals surface area contributed by atoms with Crippen LogP contribution < -0.4 is 10.6 Å². The Hall–Kier alpha value is -2.67. The number of hydrogen-bond donors (Lipinski definition) is 3. The molecule has 2 aliphatic rings. The number of piperidine rings is 2. The summed E-state index contributed by atoms with van der Waals surface area (Å²) in [6, 6.07) is 20.1. The molecule has 204 valence electrons. The minimum Gasteiger partial charge on any atom is -0.361 e. The molecule has 2 aliphatic heterocycles. The molecule has 3 N–H and O–H groups in total. The molecule has 0 bridgehead atoms. The summed E-state index contributed by atoms with van der Waals surface area (Å²) < 4.78 is 0. The van der Waals surface area contributed by atoms with Crippen LogP contribution in [0.2, 0.25) is 0 Å². The molecule has 0 radical (unpaired) electrons. The normalized spacial score (nSPS) is 19.4. The van der Waals surface area contributed by atoms with Crippen LogP contribution in [0.1, 0.15) is 50.2 Å². The molecular weight excluding hydrogens is 470 g/mol. The summed E-state index contributed by atoms with van der Waals surface area (Å²) in [7, 11) is 0. The highest BCUT2D eigenvalue weighted by Gasteiger charge is 2.27. The van der Waals surface area contributed by atoms with Crippen LogP contribution in [0.15, 0.2) is 60.8 Å². The Kier molecular flexibility index (Phi) is 9.50. The van der Waals surface area contributed by atoms with Gasteiger partial charge in [0.15, 0.2) is 0 Å². The number of benzene rings is 2. The highest BCUT2D eigenvalue weighted by atomic mass is 16.2. The first kappa shape index (κ1) is 26.9. The topological polar surface area (TPSA) is 63.4 Å². The van der Waals surface area contributed by atoms with Crippen molar-refractivity contribution in [1.29, 1.82) is 0 Å². The van der Waals surface area contributed by atoms with Crippen molar-refractivity contribution < 1.29 is 4.79 Å². The van der Waals surface area contributed by atoms with E-state index in [9.17, 15) is 4.79 Å². The van der Waals surface area contributed by atoms with Gasteiger partial charge in [-0.1, -0.05) is 55.0 Å². The van der Waals surface area contributed by atoms with Gasteiger partial charge in [-0.25, -0.2) is 0 Å². The number of nitrogens with zero attached hydrogens (tertiary/aromatic N) is 2. The lowest BCUT2D eigenvalue weighted by molar-refractivity contribution is -0.123. The van der Waals surface area contributed by atoms with Gasteiger partial charge in [0.25, 0.3) is 0 Å². The third kappa shape index (κ3) is 7.46. The van der Waals surface area contributed by atoms with Gasteiger partial charge in [-0.15, -0.1) is 0 Å². The van der Waals surface area contributed by atoms with E-state index in [-0.39, 0.29) is 11.9 Å². The van der Waals surface area contributed by atoms with Gasteiger partial charge in [0.05, 0.1) is 6.54 Å². The maximum Gasteiger partial charge on any atom is 0.234 e. The van der Waals surface area contributed by atoms with Crippen LogP contribution in [0.5, 0.6) is 0 Å². The summed E-state index contributed by atoms with van der Waals surface area (Å²) in [5.41, 5.74) is 3.73. The molecule has 0 spiro atoms. The van der Waals surface area contributed by atoms with Crippen molar-refractivity contribution in [2.45, 2.75) is 70.0 Å². The highest BCUT2D eigenvalue weighted by Crippen LogP contribution is 2.21. The Balaban J connectivity index is 1.16. The molecule has 6 heteroatoms. The second kappa shape index (κ2) is 13.4. The van der Waals surface area contributed by atoms with Gasteiger partial charge in [-0.05, 0) is 75.7 Å². The van der Waals surface area contributed by atoms with E-state index in [1.807, 2.05) is 0 Å². The van der Waals surface area contributed by atoms with Crippen molar-refractivity contribution in [1.82, 2.24) is 25.4 Å². The van der Waals surface area contributed by atoms with Gasteiger partial charge < -0.3 is 20.5 Å². The molecule has 2 aromatic carbocycles. The third-order valence-electron chi connectivity index (χ3n) is 8.44. The van der Waals surface area contributed by atoms with E-state index in [0.717, 1.165) is 38.0 Å². The smallest absolute Gasteiger partial charge is 0.234 e. The van der Waals surface area contributed by atoms with Crippen LogP contribution >= 0.6 is 0 Å². The lowest BCUT2D eigenvalue weighted by Gasteiger charge is -2.40. The van der Waals surface area contributed by atoms with Crippen molar-refractivity contribution in [3.05, 3.63) is 71.9 Å². The molecule has 2 saturated heterocycles. The second-order valence-electron chi connectivity index (χ2n) is 11.4. The second-order valence-corrected chi connectivity index (χ2v) is 11.4. The largest absolute Gasteiger partial charge is 0.361 e. The summed E-state index contributed by atoms with van der Waals surface area (Å²) in [6.45, 7) is 8.03. The fraction of sp³-hybridized carbons (Fsp3) is 0.531. The van der Waals surface area contributed by atoms with Crippen molar-refractivity contribution in [2.75, 3.05) is 39.3 Å². The van der Waals surface area contributed by atoms with E-state index >= 15 is 0 Å². The summed E-state index contributed by atoms with van der Waals surface area (Å²) >= 11 is 0. The number of nitrogens with one attached hydrogen (secondary N) is 3. The molecule has 38 heavy (non-hydrogen) atoms. The molecule has 2 atom stereocenters. The number of fused-ring (bicyclic) bond motifs is 1. The Labute approximate surface area is 228 Å². The van der Waals surface area contributed by atoms with Gasteiger partial charge >= 0.3 is 0 Å². The van der Waals surface area contributed by atoms with E-state index in [1.54, 1.807) is 0 Å². The van der Waals surface area contributed by atoms with Crippen LogP contribution in [0.3, 0.4) is 0 Å². The number of aromatic amines is 1. The SMILES string of the molecule is CC(Cc1ccccc1)NCC(Cc1c[nH]c2ccccc12)NC(=O)CN1CCC(N2CCCCC2)CC1.